The molecule has 1 aromatic rings. The number of amides is 2. The fourth-order valence-corrected chi connectivity index (χ4v) is 2.83. The van der Waals surface area contributed by atoms with E-state index in [1.54, 1.807) is 4.90 Å². The van der Waals surface area contributed by atoms with Gasteiger partial charge in [-0.3, -0.25) is 4.90 Å². The number of carbonyl (C=O) groups excluding carboxylic acids is 2. The number of ether oxygens (including phenoxy) is 1. The topological polar surface area (TPSA) is 58.6 Å². The molecule has 22 heavy (non-hydrogen) atoms. The molecule has 0 bridgehead atoms. The summed E-state index contributed by atoms with van der Waals surface area (Å²) in [6.07, 6.45) is 2.29. The van der Waals surface area contributed by atoms with Gasteiger partial charge in [0.1, 0.15) is 0 Å². The van der Waals surface area contributed by atoms with Crippen molar-refractivity contribution in [1.29, 1.82) is 0 Å². The first-order valence-corrected chi connectivity index (χ1v) is 7.54. The van der Waals surface area contributed by atoms with Gasteiger partial charge < -0.3 is 10.1 Å². The molecule has 2 aliphatic rings. The molecule has 0 radical (unpaired) electrons. The van der Waals surface area contributed by atoms with Gasteiger partial charge in [-0.25, -0.2) is 9.59 Å². The van der Waals surface area contributed by atoms with E-state index in [-0.39, 0.29) is 6.03 Å². The van der Waals surface area contributed by atoms with Crippen LogP contribution >= 0.6 is 0 Å². The summed E-state index contributed by atoms with van der Waals surface area (Å²) >= 11 is 0. The van der Waals surface area contributed by atoms with Crippen LogP contribution in [0.2, 0.25) is 0 Å². The van der Waals surface area contributed by atoms with E-state index in [2.05, 4.69) is 5.32 Å². The van der Waals surface area contributed by atoms with E-state index in [4.69, 9.17) is 4.74 Å². The Morgan fingerprint density at radius 1 is 1.32 bits per heavy atom. The van der Waals surface area contributed by atoms with Crippen LogP contribution in [0, 0.1) is 5.92 Å². The van der Waals surface area contributed by atoms with Gasteiger partial charge in [-0.05, 0) is 31.2 Å². The lowest BCUT2D eigenvalue weighted by atomic mass is 9.95. The Morgan fingerprint density at radius 2 is 2.00 bits per heavy atom. The third-order valence-electron chi connectivity index (χ3n) is 4.27. The number of nitrogens with zero attached hydrogens (tertiary/aromatic N) is 1. The van der Waals surface area contributed by atoms with Crippen molar-refractivity contribution >= 4 is 12.0 Å². The highest BCUT2D eigenvalue weighted by atomic mass is 16.5. The van der Waals surface area contributed by atoms with Gasteiger partial charge in [0.05, 0.1) is 18.7 Å². The number of urea groups is 1. The maximum atomic E-state index is 12.4. The normalized spacial score (nSPS) is 21.6. The third kappa shape index (κ3) is 2.71. The number of esters is 1. The number of allylic oxidation sites excluding steroid dienone is 1. The maximum Gasteiger partial charge on any atom is 0.337 e. The van der Waals surface area contributed by atoms with Crippen molar-refractivity contribution in [2.45, 2.75) is 25.8 Å². The van der Waals surface area contributed by atoms with Crippen LogP contribution in [-0.4, -0.2) is 30.6 Å². The highest BCUT2D eigenvalue weighted by Crippen LogP contribution is 2.35. The average molecular weight is 300 g/mol. The zero-order chi connectivity index (χ0) is 15.7. The monoisotopic (exact) mass is 300 g/mol. The predicted molar refractivity (Wildman–Crippen MR) is 81.9 cm³/mol. The van der Waals surface area contributed by atoms with Crippen LogP contribution in [0.5, 0.6) is 0 Å². The molecule has 1 unspecified atom stereocenters. The number of rotatable bonds is 4. The minimum atomic E-state index is -0.461. The molecule has 2 amide bonds. The molecule has 0 spiro atoms. The maximum absolute atomic E-state index is 12.4. The summed E-state index contributed by atoms with van der Waals surface area (Å²) in [5, 5.41) is 2.94. The molecule has 5 nitrogen and oxygen atoms in total. The molecule has 5 heteroatoms. The molecule has 1 heterocycles. The van der Waals surface area contributed by atoms with E-state index in [1.165, 1.54) is 7.11 Å². The standard InChI is InChI=1S/C17H20N2O3/c1-11-14(16(20)22-2)15(13-6-4-3-5-7-13)18-17(21)19(11)10-12-8-9-12/h3-7,12,15H,8-10H2,1-2H3,(H,18,21). The molecule has 1 saturated carbocycles. The Hall–Kier alpha value is -2.30. The van der Waals surface area contributed by atoms with E-state index < -0.39 is 12.0 Å². The zero-order valence-electron chi connectivity index (χ0n) is 12.8. The lowest BCUT2D eigenvalue weighted by Crippen LogP contribution is -2.48. The van der Waals surface area contributed by atoms with Crippen molar-refractivity contribution in [3.05, 3.63) is 47.2 Å². The minimum Gasteiger partial charge on any atom is -0.466 e. The van der Waals surface area contributed by atoms with E-state index in [1.807, 2.05) is 37.3 Å². The molecule has 1 fully saturated rings. The van der Waals surface area contributed by atoms with Gasteiger partial charge >= 0.3 is 12.0 Å². The van der Waals surface area contributed by atoms with E-state index >= 15 is 0 Å². The SMILES string of the molecule is COC(=O)C1=C(C)N(CC2CC2)C(=O)NC1c1ccccc1. The van der Waals surface area contributed by atoms with Gasteiger partial charge in [0.2, 0.25) is 0 Å². The highest BCUT2D eigenvalue weighted by molar-refractivity contribution is 5.95. The Labute approximate surface area is 129 Å². The largest absolute Gasteiger partial charge is 0.466 e. The average Bonchev–Trinajstić information content (AvgIpc) is 3.35. The van der Waals surface area contributed by atoms with Gasteiger partial charge in [0.15, 0.2) is 0 Å². The summed E-state index contributed by atoms with van der Waals surface area (Å²) < 4.78 is 4.94. The number of nitrogens with one attached hydrogen (secondary N) is 1. The Kier molecular flexibility index (Phi) is 3.88. The summed E-state index contributed by atoms with van der Waals surface area (Å²) in [5.41, 5.74) is 2.08. The van der Waals surface area contributed by atoms with Crippen molar-refractivity contribution in [3.63, 3.8) is 0 Å². The first kappa shape index (κ1) is 14.6. The van der Waals surface area contributed by atoms with Crippen LogP contribution < -0.4 is 5.32 Å². The summed E-state index contributed by atoms with van der Waals surface area (Å²) in [7, 11) is 1.37. The quantitative estimate of drug-likeness (QED) is 0.870. The lowest BCUT2D eigenvalue weighted by Gasteiger charge is -2.35. The molecule has 1 N–H and O–H groups in total. The zero-order valence-corrected chi connectivity index (χ0v) is 12.8. The van der Waals surface area contributed by atoms with Crippen molar-refractivity contribution in [2.24, 2.45) is 5.92 Å². The van der Waals surface area contributed by atoms with Crippen LogP contribution in [0.4, 0.5) is 4.79 Å². The Bertz CT molecular complexity index is 620. The molecular weight excluding hydrogens is 280 g/mol. The van der Waals surface area contributed by atoms with Crippen molar-refractivity contribution in [1.82, 2.24) is 10.2 Å². The summed E-state index contributed by atoms with van der Waals surface area (Å²) in [5.74, 6) is 0.153. The predicted octanol–water partition coefficient (Wildman–Crippen LogP) is 2.61. The number of hydrogen-bond acceptors (Lipinski definition) is 3. The van der Waals surface area contributed by atoms with E-state index in [9.17, 15) is 9.59 Å². The number of hydrogen-bond donors (Lipinski definition) is 1. The molecule has 1 aliphatic heterocycles. The van der Waals surface area contributed by atoms with Crippen molar-refractivity contribution in [3.8, 4) is 0 Å². The van der Waals surface area contributed by atoms with E-state index in [0.717, 1.165) is 18.4 Å². The molecule has 1 atom stereocenters. The van der Waals surface area contributed by atoms with Crippen molar-refractivity contribution in [2.75, 3.05) is 13.7 Å². The fourth-order valence-electron chi connectivity index (χ4n) is 2.83. The van der Waals surface area contributed by atoms with Gasteiger partial charge in [0.25, 0.3) is 0 Å². The molecule has 3 rings (SSSR count). The van der Waals surface area contributed by atoms with Crippen LogP contribution in [0.15, 0.2) is 41.6 Å². The Balaban J connectivity index is 2.01. The summed E-state index contributed by atoms with van der Waals surface area (Å²) in [4.78, 5) is 26.4. The number of benzene rings is 1. The second-order valence-corrected chi connectivity index (χ2v) is 5.84. The molecule has 0 aromatic heterocycles. The Morgan fingerprint density at radius 3 is 2.59 bits per heavy atom. The van der Waals surface area contributed by atoms with Crippen LogP contribution in [-0.2, 0) is 9.53 Å². The number of carbonyl (C=O) groups is 2. The molecular formula is C17H20N2O3. The smallest absolute Gasteiger partial charge is 0.337 e. The lowest BCUT2D eigenvalue weighted by molar-refractivity contribution is -0.136. The third-order valence-corrected chi connectivity index (χ3v) is 4.27. The van der Waals surface area contributed by atoms with Crippen molar-refractivity contribution < 1.29 is 14.3 Å². The molecule has 116 valence electrons. The first-order chi connectivity index (χ1) is 10.6. The first-order valence-electron chi connectivity index (χ1n) is 7.54. The van der Waals surface area contributed by atoms with Gasteiger partial charge in [-0.15, -0.1) is 0 Å². The van der Waals surface area contributed by atoms with E-state index in [0.29, 0.717) is 23.7 Å². The van der Waals surface area contributed by atoms with Crippen LogP contribution in [0.3, 0.4) is 0 Å². The summed E-state index contributed by atoms with van der Waals surface area (Å²) in [6, 6.07) is 8.88. The fraction of sp³-hybridized carbons (Fsp3) is 0.412. The molecule has 1 aliphatic carbocycles. The molecule has 0 saturated heterocycles. The highest BCUT2D eigenvalue weighted by Gasteiger charge is 2.38. The van der Waals surface area contributed by atoms with Gasteiger partial charge in [-0.2, -0.15) is 0 Å². The van der Waals surface area contributed by atoms with Gasteiger partial charge in [0, 0.05) is 12.2 Å². The van der Waals surface area contributed by atoms with Crippen LogP contribution in [0.25, 0.3) is 0 Å². The summed E-state index contributed by atoms with van der Waals surface area (Å²) in [6.45, 7) is 2.49. The second-order valence-electron chi connectivity index (χ2n) is 5.84. The second kappa shape index (κ2) is 5.83. The van der Waals surface area contributed by atoms with Gasteiger partial charge in [-0.1, -0.05) is 30.3 Å². The van der Waals surface area contributed by atoms with Crippen LogP contribution in [0.1, 0.15) is 31.4 Å². The minimum absolute atomic E-state index is 0.147. The number of methoxy groups -OCH3 is 1. The molecule has 1 aromatic carbocycles.